The van der Waals surface area contributed by atoms with Crippen LogP contribution in [0.1, 0.15) is 23.2 Å². The highest BCUT2D eigenvalue weighted by atomic mass is 32.2. The van der Waals surface area contributed by atoms with Crippen LogP contribution in [-0.2, 0) is 14.8 Å². The molecule has 0 saturated carbocycles. The molecule has 0 radical (unpaired) electrons. The van der Waals surface area contributed by atoms with E-state index in [1.54, 1.807) is 35.2 Å². The number of rotatable bonds is 5. The van der Waals surface area contributed by atoms with Crippen molar-refractivity contribution in [1.29, 1.82) is 0 Å². The van der Waals surface area contributed by atoms with E-state index in [2.05, 4.69) is 6.58 Å². The van der Waals surface area contributed by atoms with Crippen LogP contribution in [0.25, 0.3) is 0 Å². The SMILES string of the molecule is C=CCOc1ccc(C(=O)N2CC[C@@H]3[C@@H](CC2)OCCN3S(C)(=O)=O)cc1. The van der Waals surface area contributed by atoms with Crippen molar-refractivity contribution < 1.29 is 22.7 Å². The van der Waals surface area contributed by atoms with Gasteiger partial charge in [-0.15, -0.1) is 0 Å². The third-order valence-electron chi connectivity index (χ3n) is 5.00. The summed E-state index contributed by atoms with van der Waals surface area (Å²) in [5, 5.41) is 0. The molecular weight excluding hydrogens is 368 g/mol. The normalized spacial score (nSPS) is 24.0. The molecule has 27 heavy (non-hydrogen) atoms. The van der Waals surface area contributed by atoms with Gasteiger partial charge in [-0.25, -0.2) is 8.42 Å². The highest BCUT2D eigenvalue weighted by molar-refractivity contribution is 7.88. The minimum atomic E-state index is -3.29. The highest BCUT2D eigenvalue weighted by Gasteiger charge is 2.39. The van der Waals surface area contributed by atoms with Crippen LogP contribution >= 0.6 is 0 Å². The van der Waals surface area contributed by atoms with Gasteiger partial charge in [-0.2, -0.15) is 4.31 Å². The second kappa shape index (κ2) is 8.41. The van der Waals surface area contributed by atoms with E-state index in [-0.39, 0.29) is 18.1 Å². The number of carbonyl (C=O) groups is 1. The molecule has 8 heteroatoms. The van der Waals surface area contributed by atoms with E-state index in [1.807, 2.05) is 0 Å². The first kappa shape index (κ1) is 19.9. The Labute approximate surface area is 160 Å². The highest BCUT2D eigenvalue weighted by Crippen LogP contribution is 2.26. The molecule has 1 aromatic rings. The van der Waals surface area contributed by atoms with Crippen LogP contribution in [0.15, 0.2) is 36.9 Å². The molecule has 148 valence electrons. The van der Waals surface area contributed by atoms with Gasteiger partial charge in [0.05, 0.1) is 25.0 Å². The van der Waals surface area contributed by atoms with Crippen molar-refractivity contribution in [3.63, 3.8) is 0 Å². The van der Waals surface area contributed by atoms with Gasteiger partial charge >= 0.3 is 0 Å². The summed E-state index contributed by atoms with van der Waals surface area (Å²) in [5.41, 5.74) is 0.590. The molecule has 0 spiro atoms. The third-order valence-corrected chi connectivity index (χ3v) is 6.31. The summed E-state index contributed by atoms with van der Waals surface area (Å²) in [6.07, 6.45) is 3.94. The van der Waals surface area contributed by atoms with Gasteiger partial charge < -0.3 is 14.4 Å². The molecule has 0 aliphatic carbocycles. The van der Waals surface area contributed by atoms with Crippen LogP contribution < -0.4 is 4.74 Å². The Morgan fingerprint density at radius 1 is 1.26 bits per heavy atom. The van der Waals surface area contributed by atoms with Crippen molar-refractivity contribution in [2.24, 2.45) is 0 Å². The van der Waals surface area contributed by atoms with Gasteiger partial charge in [-0.3, -0.25) is 4.79 Å². The molecule has 2 fully saturated rings. The zero-order valence-electron chi connectivity index (χ0n) is 15.5. The van der Waals surface area contributed by atoms with E-state index < -0.39 is 10.0 Å². The Hall–Kier alpha value is -1.90. The first-order valence-corrected chi connectivity index (χ1v) is 11.0. The quantitative estimate of drug-likeness (QED) is 0.708. The van der Waals surface area contributed by atoms with Crippen molar-refractivity contribution in [2.75, 3.05) is 39.1 Å². The molecule has 2 aliphatic rings. The third kappa shape index (κ3) is 4.69. The van der Waals surface area contributed by atoms with Crippen molar-refractivity contribution in [3.8, 4) is 5.75 Å². The number of ether oxygens (including phenoxy) is 2. The molecule has 2 atom stereocenters. The summed E-state index contributed by atoms with van der Waals surface area (Å²) in [4.78, 5) is 14.6. The molecule has 3 rings (SSSR count). The Morgan fingerprint density at radius 3 is 2.63 bits per heavy atom. The van der Waals surface area contributed by atoms with Crippen molar-refractivity contribution >= 4 is 15.9 Å². The Bertz CT molecular complexity index is 778. The van der Waals surface area contributed by atoms with E-state index in [4.69, 9.17) is 9.47 Å². The number of carbonyl (C=O) groups excluding carboxylic acids is 1. The van der Waals surface area contributed by atoms with E-state index >= 15 is 0 Å². The number of hydrogen-bond donors (Lipinski definition) is 0. The lowest BCUT2D eigenvalue weighted by Crippen LogP contribution is -2.53. The monoisotopic (exact) mass is 394 g/mol. The topological polar surface area (TPSA) is 76.2 Å². The number of fused-ring (bicyclic) bond motifs is 1. The smallest absolute Gasteiger partial charge is 0.253 e. The van der Waals surface area contributed by atoms with Crippen LogP contribution in [0.2, 0.25) is 0 Å². The van der Waals surface area contributed by atoms with Gasteiger partial charge in [0, 0.05) is 25.2 Å². The number of nitrogens with zero attached hydrogens (tertiary/aromatic N) is 2. The Kier molecular flexibility index (Phi) is 6.18. The molecule has 0 aromatic heterocycles. The predicted molar refractivity (Wildman–Crippen MR) is 102 cm³/mol. The number of morpholine rings is 1. The average Bonchev–Trinajstić information content (AvgIpc) is 2.88. The van der Waals surface area contributed by atoms with E-state index in [0.29, 0.717) is 57.0 Å². The van der Waals surface area contributed by atoms with Crippen molar-refractivity contribution in [3.05, 3.63) is 42.5 Å². The van der Waals surface area contributed by atoms with Crippen molar-refractivity contribution in [2.45, 2.75) is 25.0 Å². The minimum absolute atomic E-state index is 0.0603. The molecule has 0 bridgehead atoms. The number of likely N-dealkylation sites (tertiary alicyclic amines) is 1. The van der Waals surface area contributed by atoms with E-state index in [0.717, 1.165) is 0 Å². The lowest BCUT2D eigenvalue weighted by atomic mass is 10.0. The fourth-order valence-electron chi connectivity index (χ4n) is 3.69. The lowest BCUT2D eigenvalue weighted by Gasteiger charge is -2.38. The second-order valence-electron chi connectivity index (χ2n) is 6.84. The summed E-state index contributed by atoms with van der Waals surface area (Å²) in [6, 6.07) is 6.82. The molecule has 7 nitrogen and oxygen atoms in total. The largest absolute Gasteiger partial charge is 0.490 e. The fourth-order valence-corrected chi connectivity index (χ4v) is 4.83. The predicted octanol–water partition coefficient (Wildman–Crippen LogP) is 1.52. The fraction of sp³-hybridized carbons (Fsp3) is 0.526. The van der Waals surface area contributed by atoms with E-state index in [9.17, 15) is 13.2 Å². The van der Waals surface area contributed by atoms with Crippen LogP contribution in [0, 0.1) is 0 Å². The average molecular weight is 394 g/mol. The molecule has 2 saturated heterocycles. The zero-order chi connectivity index (χ0) is 19.4. The Balaban J connectivity index is 1.68. The summed E-state index contributed by atoms with van der Waals surface area (Å²) in [7, 11) is -3.29. The summed E-state index contributed by atoms with van der Waals surface area (Å²) in [6.45, 7) is 5.85. The van der Waals surface area contributed by atoms with Gasteiger partial charge in [-0.1, -0.05) is 12.7 Å². The van der Waals surface area contributed by atoms with Crippen LogP contribution in [0.4, 0.5) is 0 Å². The maximum atomic E-state index is 12.9. The van der Waals surface area contributed by atoms with Gasteiger partial charge in [0.15, 0.2) is 0 Å². The van der Waals surface area contributed by atoms with Crippen LogP contribution in [0.3, 0.4) is 0 Å². The number of amides is 1. The van der Waals surface area contributed by atoms with Gasteiger partial charge in [0.2, 0.25) is 10.0 Å². The van der Waals surface area contributed by atoms with Gasteiger partial charge in [-0.05, 0) is 37.1 Å². The maximum absolute atomic E-state index is 12.9. The molecule has 2 heterocycles. The maximum Gasteiger partial charge on any atom is 0.253 e. The summed E-state index contributed by atoms with van der Waals surface area (Å²) in [5.74, 6) is 0.625. The molecule has 0 N–H and O–H groups in total. The summed E-state index contributed by atoms with van der Waals surface area (Å²) >= 11 is 0. The number of hydrogen-bond acceptors (Lipinski definition) is 5. The van der Waals surface area contributed by atoms with Gasteiger partial charge in [0.25, 0.3) is 5.91 Å². The van der Waals surface area contributed by atoms with E-state index in [1.165, 1.54) is 10.6 Å². The second-order valence-corrected chi connectivity index (χ2v) is 8.78. The number of sulfonamides is 1. The van der Waals surface area contributed by atoms with Crippen molar-refractivity contribution in [1.82, 2.24) is 9.21 Å². The van der Waals surface area contributed by atoms with Crippen LogP contribution in [-0.4, -0.2) is 74.8 Å². The zero-order valence-corrected chi connectivity index (χ0v) is 16.4. The Morgan fingerprint density at radius 2 is 1.96 bits per heavy atom. The lowest BCUT2D eigenvalue weighted by molar-refractivity contribution is -0.0406. The van der Waals surface area contributed by atoms with Crippen LogP contribution in [0.5, 0.6) is 5.75 Å². The molecule has 2 aliphatic heterocycles. The first-order valence-electron chi connectivity index (χ1n) is 9.11. The molecule has 1 aromatic carbocycles. The molecular formula is C19H26N2O5S. The summed E-state index contributed by atoms with van der Waals surface area (Å²) < 4.78 is 36.9. The molecule has 0 unspecified atom stereocenters. The first-order chi connectivity index (χ1) is 12.9. The minimum Gasteiger partial charge on any atom is -0.490 e. The molecule has 1 amide bonds. The van der Waals surface area contributed by atoms with Gasteiger partial charge in [0.1, 0.15) is 12.4 Å². The standard InChI is InChI=1S/C19H26N2O5S/c1-3-13-25-16-6-4-15(5-7-16)19(22)20-10-8-17-18(9-11-20)26-14-12-21(17)27(2,23)24/h3-7,17-18H,1,8-14H2,2H3/t17-,18-/m1/s1. The number of benzene rings is 1.